The van der Waals surface area contributed by atoms with Gasteiger partial charge in [-0.1, -0.05) is 24.3 Å². The zero-order chi connectivity index (χ0) is 10.6. The Morgan fingerprint density at radius 3 is 2.64 bits per heavy atom. The molecule has 1 amide bonds. The van der Waals surface area contributed by atoms with Gasteiger partial charge >= 0.3 is 6.09 Å². The summed E-state index contributed by atoms with van der Waals surface area (Å²) in [5.74, 6) is 0. The van der Waals surface area contributed by atoms with E-state index in [0.29, 0.717) is 0 Å². The minimum Gasteiger partial charge on any atom is -0.453 e. The number of carbonyl (C=O) groups excluding carboxylic acids is 1. The van der Waals surface area contributed by atoms with Crippen LogP contribution in [0.5, 0.6) is 0 Å². The summed E-state index contributed by atoms with van der Waals surface area (Å²) in [7, 11) is 1.36. The van der Waals surface area contributed by atoms with E-state index in [4.69, 9.17) is 0 Å². The molecule has 3 heteroatoms. The van der Waals surface area contributed by atoms with E-state index in [2.05, 4.69) is 10.1 Å². The molecule has 0 saturated heterocycles. The molecule has 1 N–H and O–H groups in total. The number of rotatable bonds is 2. The van der Waals surface area contributed by atoms with E-state index < -0.39 is 6.09 Å². The van der Waals surface area contributed by atoms with Gasteiger partial charge in [0.05, 0.1) is 13.2 Å². The highest BCUT2D eigenvalue weighted by Gasteiger charge is 2.10. The van der Waals surface area contributed by atoms with Crippen LogP contribution in [0.3, 0.4) is 0 Å². The summed E-state index contributed by atoms with van der Waals surface area (Å²) in [4.78, 5) is 11.0. The van der Waals surface area contributed by atoms with Gasteiger partial charge in [0.2, 0.25) is 0 Å². The topological polar surface area (TPSA) is 38.3 Å². The summed E-state index contributed by atoms with van der Waals surface area (Å²) in [6.07, 6.45) is -0.402. The first-order valence-corrected chi connectivity index (χ1v) is 4.55. The molecule has 0 aromatic heterocycles. The quantitative estimate of drug-likeness (QED) is 0.783. The fourth-order valence-corrected chi connectivity index (χ4v) is 1.39. The van der Waals surface area contributed by atoms with Crippen molar-refractivity contribution in [2.75, 3.05) is 7.11 Å². The molecule has 3 nitrogen and oxygen atoms in total. The van der Waals surface area contributed by atoms with Gasteiger partial charge in [-0.2, -0.15) is 0 Å². The third kappa shape index (κ3) is 2.49. The molecule has 0 saturated carbocycles. The van der Waals surface area contributed by atoms with E-state index in [1.54, 1.807) is 0 Å². The Kier molecular flexibility index (Phi) is 3.51. The van der Waals surface area contributed by atoms with Crippen LogP contribution in [0.1, 0.15) is 24.1 Å². The average Bonchev–Trinajstić information content (AvgIpc) is 2.18. The fourth-order valence-electron chi connectivity index (χ4n) is 1.39. The van der Waals surface area contributed by atoms with Gasteiger partial charge in [-0.05, 0) is 25.0 Å². The molecule has 0 aliphatic rings. The van der Waals surface area contributed by atoms with Crippen LogP contribution >= 0.6 is 0 Å². The van der Waals surface area contributed by atoms with Crippen LogP contribution in [0.4, 0.5) is 4.79 Å². The highest BCUT2D eigenvalue weighted by atomic mass is 16.5. The smallest absolute Gasteiger partial charge is 0.407 e. The number of hydrogen-bond acceptors (Lipinski definition) is 2. The molecule has 0 aliphatic carbocycles. The predicted octanol–water partition coefficient (Wildman–Crippen LogP) is 2.41. The van der Waals surface area contributed by atoms with Gasteiger partial charge in [-0.25, -0.2) is 4.79 Å². The molecule has 0 spiro atoms. The maximum absolute atomic E-state index is 11.0. The number of benzene rings is 1. The summed E-state index contributed by atoms with van der Waals surface area (Å²) in [6.45, 7) is 3.95. The predicted molar refractivity (Wildman–Crippen MR) is 55.1 cm³/mol. The second kappa shape index (κ2) is 4.65. The van der Waals surface area contributed by atoms with Crippen molar-refractivity contribution >= 4 is 6.09 Å². The molecule has 0 fully saturated rings. The number of hydrogen-bond donors (Lipinski definition) is 1. The number of amides is 1. The third-order valence-electron chi connectivity index (χ3n) is 2.17. The fraction of sp³-hybridized carbons (Fsp3) is 0.364. The Bertz CT molecular complexity index is 323. The summed E-state index contributed by atoms with van der Waals surface area (Å²) in [5.41, 5.74) is 2.27. The van der Waals surface area contributed by atoms with Crippen molar-refractivity contribution in [1.82, 2.24) is 5.32 Å². The molecule has 1 aromatic rings. The largest absolute Gasteiger partial charge is 0.453 e. The summed E-state index contributed by atoms with van der Waals surface area (Å²) in [6, 6.07) is 7.92. The van der Waals surface area contributed by atoms with E-state index in [9.17, 15) is 4.79 Å². The lowest BCUT2D eigenvalue weighted by atomic mass is 10.0. The van der Waals surface area contributed by atoms with Gasteiger partial charge < -0.3 is 10.1 Å². The number of alkyl carbamates (subject to hydrolysis) is 1. The Balaban J connectivity index is 2.74. The Labute approximate surface area is 84.1 Å². The lowest BCUT2D eigenvalue weighted by Gasteiger charge is -2.15. The average molecular weight is 193 g/mol. The molecule has 0 unspecified atom stereocenters. The second-order valence-corrected chi connectivity index (χ2v) is 3.21. The number of aryl methyl sites for hydroxylation is 1. The minimum atomic E-state index is -0.402. The van der Waals surface area contributed by atoms with Gasteiger partial charge in [-0.3, -0.25) is 0 Å². The first-order chi connectivity index (χ1) is 6.65. The van der Waals surface area contributed by atoms with Crippen molar-refractivity contribution in [2.45, 2.75) is 19.9 Å². The third-order valence-corrected chi connectivity index (χ3v) is 2.17. The van der Waals surface area contributed by atoms with Crippen molar-refractivity contribution in [3.63, 3.8) is 0 Å². The molecule has 14 heavy (non-hydrogen) atoms. The number of nitrogens with one attached hydrogen (secondary N) is 1. The van der Waals surface area contributed by atoms with Crippen LogP contribution < -0.4 is 5.32 Å². The summed E-state index contributed by atoms with van der Waals surface area (Å²) < 4.78 is 4.53. The van der Waals surface area contributed by atoms with Crippen molar-refractivity contribution < 1.29 is 9.53 Å². The van der Waals surface area contributed by atoms with Crippen LogP contribution in [0.25, 0.3) is 0 Å². The standard InChI is InChI=1S/C11H15NO2/c1-8-6-4-5-7-10(8)9(2)12-11(13)14-3/h4-7,9H,1-3H3,(H,12,13)/t9-/m0/s1. The van der Waals surface area contributed by atoms with E-state index in [0.717, 1.165) is 11.1 Å². The lowest BCUT2D eigenvalue weighted by Crippen LogP contribution is -2.26. The first kappa shape index (κ1) is 10.6. The van der Waals surface area contributed by atoms with Crippen molar-refractivity contribution in [3.8, 4) is 0 Å². The van der Waals surface area contributed by atoms with E-state index >= 15 is 0 Å². The number of carbonyl (C=O) groups is 1. The number of ether oxygens (including phenoxy) is 1. The van der Waals surface area contributed by atoms with Gasteiger partial charge in [0.1, 0.15) is 0 Å². The molecule has 0 heterocycles. The maximum atomic E-state index is 11.0. The molecule has 0 aliphatic heterocycles. The normalized spacial score (nSPS) is 11.9. The molecule has 1 aromatic carbocycles. The van der Waals surface area contributed by atoms with Crippen LogP contribution in [0.15, 0.2) is 24.3 Å². The molecular formula is C11H15NO2. The van der Waals surface area contributed by atoms with Crippen molar-refractivity contribution in [1.29, 1.82) is 0 Å². The zero-order valence-electron chi connectivity index (χ0n) is 8.70. The van der Waals surface area contributed by atoms with Crippen LogP contribution in [0.2, 0.25) is 0 Å². The molecule has 0 radical (unpaired) electrons. The minimum absolute atomic E-state index is 0.0244. The highest BCUT2D eigenvalue weighted by Crippen LogP contribution is 2.16. The molecular weight excluding hydrogens is 178 g/mol. The van der Waals surface area contributed by atoms with E-state index in [1.807, 2.05) is 38.1 Å². The van der Waals surface area contributed by atoms with Gasteiger partial charge in [0, 0.05) is 0 Å². The van der Waals surface area contributed by atoms with Crippen LogP contribution in [-0.4, -0.2) is 13.2 Å². The first-order valence-electron chi connectivity index (χ1n) is 4.55. The molecule has 0 bridgehead atoms. The second-order valence-electron chi connectivity index (χ2n) is 3.21. The Hall–Kier alpha value is -1.51. The highest BCUT2D eigenvalue weighted by molar-refractivity contribution is 5.67. The Morgan fingerprint density at radius 1 is 1.43 bits per heavy atom. The summed E-state index contributed by atoms with van der Waals surface area (Å²) >= 11 is 0. The van der Waals surface area contributed by atoms with E-state index in [1.165, 1.54) is 7.11 Å². The van der Waals surface area contributed by atoms with Crippen LogP contribution in [-0.2, 0) is 4.74 Å². The summed E-state index contributed by atoms with van der Waals surface area (Å²) in [5, 5.41) is 2.73. The monoisotopic (exact) mass is 193 g/mol. The van der Waals surface area contributed by atoms with Crippen molar-refractivity contribution in [2.24, 2.45) is 0 Å². The van der Waals surface area contributed by atoms with Crippen LogP contribution in [0, 0.1) is 6.92 Å². The van der Waals surface area contributed by atoms with Crippen molar-refractivity contribution in [3.05, 3.63) is 35.4 Å². The molecule has 76 valence electrons. The van der Waals surface area contributed by atoms with Gasteiger partial charge in [-0.15, -0.1) is 0 Å². The Morgan fingerprint density at radius 2 is 2.07 bits per heavy atom. The van der Waals surface area contributed by atoms with Gasteiger partial charge in [0.25, 0.3) is 0 Å². The molecule has 1 atom stereocenters. The number of methoxy groups -OCH3 is 1. The zero-order valence-corrected chi connectivity index (χ0v) is 8.70. The van der Waals surface area contributed by atoms with E-state index in [-0.39, 0.29) is 6.04 Å². The maximum Gasteiger partial charge on any atom is 0.407 e. The lowest BCUT2D eigenvalue weighted by molar-refractivity contribution is 0.167. The molecule has 1 rings (SSSR count). The van der Waals surface area contributed by atoms with Gasteiger partial charge in [0.15, 0.2) is 0 Å². The SMILES string of the molecule is COC(=O)N[C@@H](C)c1ccccc1C.